The van der Waals surface area contributed by atoms with Gasteiger partial charge in [-0.1, -0.05) is 6.07 Å². The number of carbonyl (C=O) groups excluding carboxylic acids is 1. The fourth-order valence-corrected chi connectivity index (χ4v) is 3.99. The molecule has 5 nitrogen and oxygen atoms in total. The van der Waals surface area contributed by atoms with Gasteiger partial charge in [0.25, 0.3) is 0 Å². The van der Waals surface area contributed by atoms with Crippen molar-refractivity contribution >= 4 is 5.91 Å². The maximum atomic E-state index is 13.3. The molecule has 0 spiro atoms. The van der Waals surface area contributed by atoms with E-state index in [1.165, 1.54) is 6.07 Å². The monoisotopic (exact) mass is 328 g/mol. The number of piperidine rings is 1. The van der Waals surface area contributed by atoms with Crippen LogP contribution in [0.15, 0.2) is 30.9 Å². The molecule has 2 aromatic rings. The number of aromatic nitrogens is 3. The molecule has 1 aliphatic carbocycles. The van der Waals surface area contributed by atoms with Crippen LogP contribution < -0.4 is 0 Å². The van der Waals surface area contributed by atoms with Gasteiger partial charge >= 0.3 is 0 Å². The van der Waals surface area contributed by atoms with Gasteiger partial charge in [0.05, 0.1) is 5.92 Å². The molecule has 0 saturated carbocycles. The molecule has 1 saturated heterocycles. The highest BCUT2D eigenvalue weighted by Crippen LogP contribution is 2.35. The zero-order valence-corrected chi connectivity index (χ0v) is 13.6. The summed E-state index contributed by atoms with van der Waals surface area (Å²) < 4.78 is 15.2. The molecular formula is C18H21FN4O. The average molecular weight is 328 g/mol. The first-order valence-corrected chi connectivity index (χ1v) is 8.60. The van der Waals surface area contributed by atoms with Gasteiger partial charge in [-0.15, -0.1) is 0 Å². The van der Waals surface area contributed by atoms with Gasteiger partial charge in [-0.05, 0) is 54.9 Å². The lowest BCUT2D eigenvalue weighted by molar-refractivity contribution is -0.134. The molecule has 1 atom stereocenters. The molecule has 1 unspecified atom stereocenters. The molecule has 2 heterocycles. The number of rotatable bonds is 3. The third-order valence-electron chi connectivity index (χ3n) is 5.32. The third-order valence-corrected chi connectivity index (χ3v) is 5.32. The summed E-state index contributed by atoms with van der Waals surface area (Å²) in [5, 5.41) is 4.15. The Balaban J connectivity index is 1.37. The fourth-order valence-electron chi connectivity index (χ4n) is 3.99. The zero-order valence-electron chi connectivity index (χ0n) is 13.6. The van der Waals surface area contributed by atoms with Gasteiger partial charge in [0, 0.05) is 19.6 Å². The highest BCUT2D eigenvalue weighted by Gasteiger charge is 2.33. The number of hydrogen-bond acceptors (Lipinski definition) is 3. The molecule has 126 valence electrons. The Morgan fingerprint density at radius 1 is 1.25 bits per heavy atom. The lowest BCUT2D eigenvalue weighted by atomic mass is 9.94. The minimum Gasteiger partial charge on any atom is -0.342 e. The van der Waals surface area contributed by atoms with Crippen LogP contribution in [-0.2, 0) is 17.8 Å². The molecule has 6 heteroatoms. The number of nitrogens with zero attached hydrogens (tertiary/aromatic N) is 4. The Morgan fingerprint density at radius 3 is 2.83 bits per heavy atom. The van der Waals surface area contributed by atoms with Gasteiger partial charge in [-0.25, -0.2) is 9.37 Å². The number of aryl methyl sites for hydroxylation is 1. The summed E-state index contributed by atoms with van der Waals surface area (Å²) in [7, 11) is 0. The van der Waals surface area contributed by atoms with Crippen LogP contribution in [0.25, 0.3) is 0 Å². The molecule has 1 aromatic carbocycles. The minimum absolute atomic E-state index is 0.0903. The van der Waals surface area contributed by atoms with Gasteiger partial charge in [0.2, 0.25) is 5.91 Å². The van der Waals surface area contributed by atoms with Crippen LogP contribution in [0.1, 0.15) is 36.3 Å². The Hall–Kier alpha value is -2.24. The average Bonchev–Trinajstić information content (AvgIpc) is 3.24. The molecule has 0 bridgehead atoms. The van der Waals surface area contributed by atoms with Gasteiger partial charge in [-0.3, -0.25) is 9.48 Å². The maximum Gasteiger partial charge on any atom is 0.230 e. The van der Waals surface area contributed by atoms with Crippen molar-refractivity contribution in [1.29, 1.82) is 0 Å². The smallest absolute Gasteiger partial charge is 0.230 e. The summed E-state index contributed by atoms with van der Waals surface area (Å²) in [4.78, 5) is 18.8. The Labute approximate surface area is 140 Å². The highest BCUT2D eigenvalue weighted by molar-refractivity contribution is 5.85. The lowest BCUT2D eigenvalue weighted by Crippen LogP contribution is -2.41. The molecular weight excluding hydrogens is 307 g/mol. The predicted molar refractivity (Wildman–Crippen MR) is 86.8 cm³/mol. The van der Waals surface area contributed by atoms with Crippen molar-refractivity contribution in [2.24, 2.45) is 5.92 Å². The number of benzene rings is 1. The minimum atomic E-state index is -0.212. The Kier molecular flexibility index (Phi) is 4.04. The van der Waals surface area contributed by atoms with Crippen LogP contribution in [0, 0.1) is 11.7 Å². The normalized spacial score (nSPS) is 21.0. The van der Waals surface area contributed by atoms with E-state index in [1.807, 2.05) is 9.58 Å². The third kappa shape index (κ3) is 2.92. The standard InChI is InChI=1S/C18H21FN4O/c19-15-2-4-16-14(9-15)1-3-17(16)18(24)22-7-5-13(6-8-22)10-23-12-20-11-21-23/h2,4,9,11-13,17H,1,3,5-8,10H2. The van der Waals surface area contributed by atoms with Gasteiger partial charge in [0.15, 0.2) is 0 Å². The number of carbonyl (C=O) groups is 1. The van der Waals surface area contributed by atoms with E-state index in [-0.39, 0.29) is 17.6 Å². The second-order valence-electron chi connectivity index (χ2n) is 6.82. The van der Waals surface area contributed by atoms with E-state index in [2.05, 4.69) is 10.1 Å². The van der Waals surface area contributed by atoms with Crippen molar-refractivity contribution in [3.8, 4) is 0 Å². The van der Waals surface area contributed by atoms with E-state index in [4.69, 9.17) is 0 Å². The van der Waals surface area contributed by atoms with Gasteiger partial charge < -0.3 is 4.90 Å². The summed E-state index contributed by atoms with van der Waals surface area (Å²) in [6, 6.07) is 4.83. The molecule has 1 aromatic heterocycles. The number of likely N-dealkylation sites (tertiary alicyclic amines) is 1. The Morgan fingerprint density at radius 2 is 2.08 bits per heavy atom. The summed E-state index contributed by atoms with van der Waals surface area (Å²) in [6.07, 6.45) is 6.89. The van der Waals surface area contributed by atoms with Crippen molar-refractivity contribution in [1.82, 2.24) is 19.7 Å². The zero-order chi connectivity index (χ0) is 16.5. The molecule has 4 rings (SSSR count). The topological polar surface area (TPSA) is 51.0 Å². The van der Waals surface area contributed by atoms with E-state index in [0.717, 1.165) is 56.4 Å². The Bertz CT molecular complexity index is 723. The summed E-state index contributed by atoms with van der Waals surface area (Å²) in [5.74, 6) is 0.448. The quantitative estimate of drug-likeness (QED) is 0.869. The SMILES string of the molecule is O=C(C1CCc2cc(F)ccc21)N1CCC(Cn2cncn2)CC1. The second-order valence-corrected chi connectivity index (χ2v) is 6.82. The van der Waals surface area contributed by atoms with E-state index in [1.54, 1.807) is 24.8 Å². The second kappa shape index (κ2) is 6.34. The lowest BCUT2D eigenvalue weighted by Gasteiger charge is -2.33. The fraction of sp³-hybridized carbons (Fsp3) is 0.500. The van der Waals surface area contributed by atoms with E-state index < -0.39 is 0 Å². The van der Waals surface area contributed by atoms with Crippen molar-refractivity contribution in [2.45, 2.75) is 38.1 Å². The van der Waals surface area contributed by atoms with Gasteiger partial charge in [-0.2, -0.15) is 5.10 Å². The van der Waals surface area contributed by atoms with E-state index in [9.17, 15) is 9.18 Å². The van der Waals surface area contributed by atoms with Gasteiger partial charge in [0.1, 0.15) is 18.5 Å². The molecule has 0 N–H and O–H groups in total. The summed E-state index contributed by atoms with van der Waals surface area (Å²) in [6.45, 7) is 2.46. The summed E-state index contributed by atoms with van der Waals surface area (Å²) >= 11 is 0. The molecule has 24 heavy (non-hydrogen) atoms. The van der Waals surface area contributed by atoms with E-state index >= 15 is 0 Å². The number of halogens is 1. The van der Waals surface area contributed by atoms with Crippen molar-refractivity contribution in [3.05, 3.63) is 47.8 Å². The molecule has 1 aliphatic heterocycles. The molecule has 2 aliphatic rings. The number of amides is 1. The van der Waals surface area contributed by atoms with Crippen molar-refractivity contribution < 1.29 is 9.18 Å². The first-order chi connectivity index (χ1) is 11.7. The summed E-state index contributed by atoms with van der Waals surface area (Å²) in [5.41, 5.74) is 2.01. The largest absolute Gasteiger partial charge is 0.342 e. The number of hydrogen-bond donors (Lipinski definition) is 0. The van der Waals surface area contributed by atoms with E-state index in [0.29, 0.717) is 5.92 Å². The van der Waals surface area contributed by atoms with Crippen LogP contribution in [0.5, 0.6) is 0 Å². The van der Waals surface area contributed by atoms with Crippen LogP contribution in [0.4, 0.5) is 4.39 Å². The predicted octanol–water partition coefficient (Wildman–Crippen LogP) is 2.39. The first-order valence-electron chi connectivity index (χ1n) is 8.60. The maximum absolute atomic E-state index is 13.3. The van der Waals surface area contributed by atoms with Crippen molar-refractivity contribution in [2.75, 3.05) is 13.1 Å². The van der Waals surface area contributed by atoms with Crippen LogP contribution in [0.3, 0.4) is 0 Å². The molecule has 0 radical (unpaired) electrons. The molecule has 1 amide bonds. The van der Waals surface area contributed by atoms with Crippen LogP contribution >= 0.6 is 0 Å². The first kappa shape index (κ1) is 15.3. The van der Waals surface area contributed by atoms with Crippen LogP contribution in [0.2, 0.25) is 0 Å². The van der Waals surface area contributed by atoms with Crippen molar-refractivity contribution in [3.63, 3.8) is 0 Å². The van der Waals surface area contributed by atoms with Crippen LogP contribution in [-0.4, -0.2) is 38.7 Å². The highest BCUT2D eigenvalue weighted by atomic mass is 19.1. The molecule has 1 fully saturated rings. The number of fused-ring (bicyclic) bond motifs is 1.